The summed E-state index contributed by atoms with van der Waals surface area (Å²) in [6, 6.07) is 8.26. The second kappa shape index (κ2) is 8.65. The summed E-state index contributed by atoms with van der Waals surface area (Å²) in [7, 11) is -3.59. The van der Waals surface area contributed by atoms with Gasteiger partial charge in [0.25, 0.3) is 0 Å². The molecule has 1 fully saturated rings. The number of furan rings is 1. The normalized spacial score (nSPS) is 18.4. The van der Waals surface area contributed by atoms with Crippen molar-refractivity contribution in [2.24, 2.45) is 5.92 Å². The molecule has 6 nitrogen and oxygen atoms in total. The van der Waals surface area contributed by atoms with Gasteiger partial charge in [0, 0.05) is 23.1 Å². The van der Waals surface area contributed by atoms with Gasteiger partial charge >= 0.3 is 0 Å². The Kier molecular flexibility index (Phi) is 6.47. The average Bonchev–Trinajstić information content (AvgIpc) is 3.16. The highest BCUT2D eigenvalue weighted by atomic mass is 35.5. The lowest BCUT2D eigenvalue weighted by Gasteiger charge is -2.31. The molecule has 1 aliphatic heterocycles. The minimum Gasteiger partial charge on any atom is -0.467 e. The Hall–Kier alpha value is -1.54. The van der Waals surface area contributed by atoms with E-state index in [0.29, 0.717) is 40.8 Å². The quantitative estimate of drug-likeness (QED) is 0.760. The van der Waals surface area contributed by atoms with Crippen LogP contribution >= 0.6 is 23.2 Å². The summed E-state index contributed by atoms with van der Waals surface area (Å²) in [4.78, 5) is 12.4. The van der Waals surface area contributed by atoms with Gasteiger partial charge in [0.1, 0.15) is 5.76 Å². The summed E-state index contributed by atoms with van der Waals surface area (Å²) in [5, 5.41) is 3.57. The van der Waals surface area contributed by atoms with Crippen LogP contribution in [0.3, 0.4) is 0 Å². The molecular weight excluding hydrogens is 411 g/mol. The second-order valence-corrected chi connectivity index (χ2v) is 9.30. The Labute approximate surface area is 168 Å². The number of benzene rings is 1. The molecule has 0 aliphatic carbocycles. The van der Waals surface area contributed by atoms with Crippen LogP contribution in [0.5, 0.6) is 0 Å². The fourth-order valence-electron chi connectivity index (χ4n) is 3.07. The van der Waals surface area contributed by atoms with E-state index in [4.69, 9.17) is 27.6 Å². The number of sulfonamides is 1. The molecule has 1 aliphatic rings. The molecule has 0 unspecified atom stereocenters. The second-order valence-electron chi connectivity index (χ2n) is 6.49. The Morgan fingerprint density at radius 1 is 1.30 bits per heavy atom. The van der Waals surface area contributed by atoms with E-state index < -0.39 is 10.0 Å². The zero-order chi connectivity index (χ0) is 19.4. The van der Waals surface area contributed by atoms with Crippen molar-refractivity contribution in [3.05, 3.63) is 58.0 Å². The Morgan fingerprint density at radius 2 is 2.11 bits per heavy atom. The number of carbonyl (C=O) groups excluding carboxylic acids is 1. The summed E-state index contributed by atoms with van der Waals surface area (Å²) < 4.78 is 32.1. The van der Waals surface area contributed by atoms with Gasteiger partial charge in [-0.05, 0) is 42.7 Å². The monoisotopic (exact) mass is 430 g/mol. The smallest absolute Gasteiger partial charge is 0.224 e. The van der Waals surface area contributed by atoms with E-state index in [9.17, 15) is 13.2 Å². The number of halogens is 2. The minimum atomic E-state index is -3.59. The van der Waals surface area contributed by atoms with E-state index in [1.165, 1.54) is 16.6 Å². The number of nitrogens with zero attached hydrogens (tertiary/aromatic N) is 1. The molecule has 3 rings (SSSR count). The van der Waals surface area contributed by atoms with Gasteiger partial charge in [-0.1, -0.05) is 29.3 Å². The van der Waals surface area contributed by atoms with Crippen LogP contribution in [-0.4, -0.2) is 31.7 Å². The molecule has 0 saturated carbocycles. The number of rotatable bonds is 6. The summed E-state index contributed by atoms with van der Waals surface area (Å²) in [6.45, 7) is 0.850. The number of piperidine rings is 1. The first kappa shape index (κ1) is 20.2. The number of nitrogens with one attached hydrogen (secondary N) is 1. The predicted molar refractivity (Wildman–Crippen MR) is 104 cm³/mol. The molecule has 27 heavy (non-hydrogen) atoms. The fraction of sp³-hybridized carbons (Fsp3) is 0.389. The average molecular weight is 431 g/mol. The lowest BCUT2D eigenvalue weighted by molar-refractivity contribution is -0.126. The van der Waals surface area contributed by atoms with Gasteiger partial charge < -0.3 is 9.73 Å². The predicted octanol–water partition coefficient (Wildman–Crippen LogP) is 3.44. The van der Waals surface area contributed by atoms with E-state index in [2.05, 4.69) is 5.32 Å². The molecule has 1 aromatic carbocycles. The molecule has 0 bridgehead atoms. The van der Waals surface area contributed by atoms with E-state index in [-0.39, 0.29) is 30.7 Å². The van der Waals surface area contributed by atoms with E-state index >= 15 is 0 Å². The highest BCUT2D eigenvalue weighted by Crippen LogP contribution is 2.26. The number of carbonyl (C=O) groups is 1. The van der Waals surface area contributed by atoms with E-state index in [0.717, 1.165) is 0 Å². The zero-order valence-electron chi connectivity index (χ0n) is 14.5. The van der Waals surface area contributed by atoms with Crippen molar-refractivity contribution in [2.45, 2.75) is 25.1 Å². The first-order valence-corrected chi connectivity index (χ1v) is 10.9. The molecule has 1 amide bonds. The van der Waals surface area contributed by atoms with Crippen LogP contribution in [0.4, 0.5) is 0 Å². The molecule has 1 aromatic heterocycles. The Bertz CT molecular complexity index is 900. The van der Waals surface area contributed by atoms with Crippen LogP contribution in [0.2, 0.25) is 10.0 Å². The summed E-state index contributed by atoms with van der Waals surface area (Å²) in [6.07, 6.45) is 2.82. The third-order valence-electron chi connectivity index (χ3n) is 4.52. The lowest BCUT2D eigenvalue weighted by Crippen LogP contribution is -2.45. The first-order valence-electron chi connectivity index (χ1n) is 8.57. The van der Waals surface area contributed by atoms with Crippen LogP contribution in [0.15, 0.2) is 41.0 Å². The standard InChI is InChI=1S/C18H20Cl2N2O4S/c19-15-6-5-14(17(20)9-15)12-27(24,25)22-7-1-3-13(11-22)18(23)21-10-16-4-2-8-26-16/h2,4-6,8-9,13H,1,3,7,10-12H2,(H,21,23)/t13-/m1/s1. The van der Waals surface area contributed by atoms with Crippen molar-refractivity contribution in [3.8, 4) is 0 Å². The largest absolute Gasteiger partial charge is 0.467 e. The number of amides is 1. The van der Waals surface area contributed by atoms with Gasteiger partial charge in [-0.2, -0.15) is 0 Å². The van der Waals surface area contributed by atoms with Gasteiger partial charge in [0.2, 0.25) is 15.9 Å². The molecule has 1 N–H and O–H groups in total. The maximum Gasteiger partial charge on any atom is 0.224 e. The van der Waals surface area contributed by atoms with Crippen LogP contribution in [-0.2, 0) is 27.1 Å². The molecule has 146 valence electrons. The first-order chi connectivity index (χ1) is 12.8. The highest BCUT2D eigenvalue weighted by molar-refractivity contribution is 7.88. The highest BCUT2D eigenvalue weighted by Gasteiger charge is 2.32. The van der Waals surface area contributed by atoms with Gasteiger partial charge in [0.05, 0.1) is 24.5 Å². The molecule has 2 heterocycles. The molecule has 2 aromatic rings. The minimum absolute atomic E-state index is 0.164. The Balaban J connectivity index is 1.62. The number of hydrogen-bond donors (Lipinski definition) is 1. The van der Waals surface area contributed by atoms with Crippen LogP contribution < -0.4 is 5.32 Å². The summed E-state index contributed by atoms with van der Waals surface area (Å²) >= 11 is 12.0. The van der Waals surface area contributed by atoms with Crippen molar-refractivity contribution in [2.75, 3.05) is 13.1 Å². The SMILES string of the molecule is O=C(NCc1ccco1)[C@@H]1CCCN(S(=O)(=O)Cc2ccc(Cl)cc2Cl)C1. The van der Waals surface area contributed by atoms with Gasteiger partial charge in [0.15, 0.2) is 0 Å². The summed E-state index contributed by atoms with van der Waals surface area (Å²) in [5.74, 6) is -0.120. The maximum absolute atomic E-state index is 12.8. The molecular formula is C18H20Cl2N2O4S. The van der Waals surface area contributed by atoms with E-state index in [1.807, 2.05) is 0 Å². The van der Waals surface area contributed by atoms with Crippen molar-refractivity contribution < 1.29 is 17.6 Å². The lowest BCUT2D eigenvalue weighted by atomic mass is 9.99. The van der Waals surface area contributed by atoms with Gasteiger partial charge in [-0.25, -0.2) is 12.7 Å². The van der Waals surface area contributed by atoms with Crippen molar-refractivity contribution >= 4 is 39.1 Å². The van der Waals surface area contributed by atoms with Crippen molar-refractivity contribution in [1.29, 1.82) is 0 Å². The van der Waals surface area contributed by atoms with Crippen LogP contribution in [0, 0.1) is 5.92 Å². The summed E-state index contributed by atoms with van der Waals surface area (Å²) in [5.41, 5.74) is 0.491. The topological polar surface area (TPSA) is 79.6 Å². The van der Waals surface area contributed by atoms with Gasteiger partial charge in [-0.15, -0.1) is 0 Å². The zero-order valence-corrected chi connectivity index (χ0v) is 16.9. The van der Waals surface area contributed by atoms with Crippen LogP contribution in [0.25, 0.3) is 0 Å². The molecule has 9 heteroatoms. The molecule has 0 spiro atoms. The Morgan fingerprint density at radius 3 is 2.81 bits per heavy atom. The van der Waals surface area contributed by atoms with Crippen molar-refractivity contribution in [3.63, 3.8) is 0 Å². The molecule has 0 radical (unpaired) electrons. The fourth-order valence-corrected chi connectivity index (χ4v) is 5.26. The maximum atomic E-state index is 12.8. The molecule has 1 atom stereocenters. The third-order valence-corrected chi connectivity index (χ3v) is 6.90. The van der Waals surface area contributed by atoms with Crippen LogP contribution in [0.1, 0.15) is 24.2 Å². The molecule has 1 saturated heterocycles. The van der Waals surface area contributed by atoms with E-state index in [1.54, 1.807) is 24.3 Å². The number of hydrogen-bond acceptors (Lipinski definition) is 4. The third kappa shape index (κ3) is 5.25. The van der Waals surface area contributed by atoms with Crippen molar-refractivity contribution in [1.82, 2.24) is 9.62 Å². The van der Waals surface area contributed by atoms with Gasteiger partial charge in [-0.3, -0.25) is 4.79 Å².